The fourth-order valence-corrected chi connectivity index (χ4v) is 2.46. The Morgan fingerprint density at radius 2 is 1.95 bits per heavy atom. The van der Waals surface area contributed by atoms with Crippen molar-refractivity contribution in [3.63, 3.8) is 0 Å². The van der Waals surface area contributed by atoms with Gasteiger partial charge in [0.1, 0.15) is 11.7 Å². The van der Waals surface area contributed by atoms with E-state index in [4.69, 9.17) is 0 Å². The second kappa shape index (κ2) is 6.64. The monoisotopic (exact) mass is 301 g/mol. The van der Waals surface area contributed by atoms with Crippen LogP contribution in [0.25, 0.3) is 10.9 Å². The van der Waals surface area contributed by atoms with Crippen molar-refractivity contribution in [2.24, 2.45) is 0 Å². The maximum atomic E-state index is 12.3. The number of aromatic amines is 1. The Morgan fingerprint density at radius 3 is 2.64 bits per heavy atom. The van der Waals surface area contributed by atoms with Gasteiger partial charge in [-0.3, -0.25) is 9.59 Å². The molecule has 1 aromatic carbocycles. The molecule has 2 rings (SSSR count). The Hall–Kier alpha value is -2.30. The van der Waals surface area contributed by atoms with Gasteiger partial charge in [-0.05, 0) is 50.5 Å². The number of hydrogen-bond acceptors (Lipinski definition) is 2. The van der Waals surface area contributed by atoms with Crippen LogP contribution in [0.5, 0.6) is 0 Å². The van der Waals surface area contributed by atoms with Crippen LogP contribution in [0.15, 0.2) is 18.2 Å². The molecule has 0 bridgehead atoms. The summed E-state index contributed by atoms with van der Waals surface area (Å²) in [6.45, 7) is 8.32. The highest BCUT2D eigenvalue weighted by molar-refractivity contribution is 6.00. The quantitative estimate of drug-likeness (QED) is 0.793. The van der Waals surface area contributed by atoms with Gasteiger partial charge in [-0.15, -0.1) is 0 Å². The molecule has 118 valence electrons. The van der Waals surface area contributed by atoms with Crippen LogP contribution < -0.4 is 10.6 Å². The van der Waals surface area contributed by atoms with Gasteiger partial charge in [0.25, 0.3) is 5.91 Å². The van der Waals surface area contributed by atoms with E-state index in [1.807, 2.05) is 32.9 Å². The highest BCUT2D eigenvalue weighted by atomic mass is 16.2. The van der Waals surface area contributed by atoms with Gasteiger partial charge in [0.2, 0.25) is 5.91 Å². The Kier molecular flexibility index (Phi) is 4.85. The van der Waals surface area contributed by atoms with Gasteiger partial charge in [-0.25, -0.2) is 0 Å². The summed E-state index contributed by atoms with van der Waals surface area (Å²) in [5, 5.41) is 6.51. The molecule has 1 atom stereocenters. The van der Waals surface area contributed by atoms with Crippen molar-refractivity contribution in [2.45, 2.75) is 40.2 Å². The van der Waals surface area contributed by atoms with Crippen molar-refractivity contribution >= 4 is 22.7 Å². The summed E-state index contributed by atoms with van der Waals surface area (Å²) in [5.41, 5.74) is 3.68. The maximum Gasteiger partial charge on any atom is 0.268 e. The van der Waals surface area contributed by atoms with E-state index in [9.17, 15) is 9.59 Å². The normalized spacial score (nSPS) is 12.2. The number of aryl methyl sites for hydroxylation is 2. The number of carbonyl (C=O) groups is 2. The van der Waals surface area contributed by atoms with E-state index < -0.39 is 6.04 Å². The lowest BCUT2D eigenvalue weighted by Gasteiger charge is -2.13. The zero-order valence-electron chi connectivity index (χ0n) is 13.5. The number of nitrogens with one attached hydrogen (secondary N) is 3. The zero-order chi connectivity index (χ0) is 16.3. The standard InChI is InChI=1S/C17H23N3O2/c1-5-6-18-16(21)12(4)19-17(22)15-9-13-11(3)7-10(2)8-14(13)20-15/h7-9,12,20H,5-6H2,1-4H3,(H,18,21)(H,19,22). The topological polar surface area (TPSA) is 74.0 Å². The van der Waals surface area contributed by atoms with Crippen LogP contribution in [0.1, 0.15) is 41.9 Å². The largest absolute Gasteiger partial charge is 0.354 e. The van der Waals surface area contributed by atoms with E-state index in [1.165, 1.54) is 0 Å². The number of benzene rings is 1. The van der Waals surface area contributed by atoms with E-state index in [1.54, 1.807) is 6.92 Å². The third-order valence-electron chi connectivity index (χ3n) is 3.62. The van der Waals surface area contributed by atoms with E-state index in [0.717, 1.165) is 28.5 Å². The Bertz CT molecular complexity index is 703. The molecule has 0 spiro atoms. The summed E-state index contributed by atoms with van der Waals surface area (Å²) in [6, 6.07) is 5.36. The molecule has 1 heterocycles. The molecule has 5 heteroatoms. The van der Waals surface area contributed by atoms with Crippen molar-refractivity contribution in [1.82, 2.24) is 15.6 Å². The molecule has 0 fully saturated rings. The first kappa shape index (κ1) is 16.1. The molecule has 22 heavy (non-hydrogen) atoms. The summed E-state index contributed by atoms with van der Waals surface area (Å²) >= 11 is 0. The fraction of sp³-hybridized carbons (Fsp3) is 0.412. The number of hydrogen-bond donors (Lipinski definition) is 3. The van der Waals surface area contributed by atoms with Crippen LogP contribution in [0.2, 0.25) is 0 Å². The molecule has 3 N–H and O–H groups in total. The van der Waals surface area contributed by atoms with Gasteiger partial charge in [0.05, 0.1) is 0 Å². The van der Waals surface area contributed by atoms with Crippen molar-refractivity contribution in [1.29, 1.82) is 0 Å². The van der Waals surface area contributed by atoms with Crippen LogP contribution in [0.4, 0.5) is 0 Å². The van der Waals surface area contributed by atoms with Crippen LogP contribution in [0.3, 0.4) is 0 Å². The molecule has 1 unspecified atom stereocenters. The smallest absolute Gasteiger partial charge is 0.268 e. The molecule has 0 aliphatic carbocycles. The summed E-state index contributed by atoms with van der Waals surface area (Å²) in [6.07, 6.45) is 0.868. The number of fused-ring (bicyclic) bond motifs is 1. The third-order valence-corrected chi connectivity index (χ3v) is 3.62. The molecular weight excluding hydrogens is 278 g/mol. The molecule has 0 aliphatic rings. The van der Waals surface area contributed by atoms with Gasteiger partial charge >= 0.3 is 0 Å². The first-order valence-corrected chi connectivity index (χ1v) is 7.61. The highest BCUT2D eigenvalue weighted by Crippen LogP contribution is 2.21. The van der Waals surface area contributed by atoms with E-state index in [0.29, 0.717) is 12.2 Å². The minimum Gasteiger partial charge on any atom is -0.354 e. The summed E-state index contributed by atoms with van der Waals surface area (Å²) in [4.78, 5) is 27.2. The van der Waals surface area contributed by atoms with Crippen LogP contribution in [-0.4, -0.2) is 29.4 Å². The molecular formula is C17H23N3O2. The molecule has 5 nitrogen and oxygen atoms in total. The minimum absolute atomic E-state index is 0.168. The predicted molar refractivity (Wildman–Crippen MR) is 88.0 cm³/mol. The first-order chi connectivity index (χ1) is 10.4. The molecule has 1 aromatic heterocycles. The number of amides is 2. The Morgan fingerprint density at radius 1 is 1.23 bits per heavy atom. The molecule has 2 aromatic rings. The number of rotatable bonds is 5. The lowest BCUT2D eigenvalue weighted by molar-refractivity contribution is -0.122. The van der Waals surface area contributed by atoms with E-state index in [-0.39, 0.29) is 11.8 Å². The Balaban J connectivity index is 2.13. The molecule has 0 saturated heterocycles. The lowest BCUT2D eigenvalue weighted by Crippen LogP contribution is -2.45. The first-order valence-electron chi connectivity index (χ1n) is 7.61. The lowest BCUT2D eigenvalue weighted by atomic mass is 10.1. The maximum absolute atomic E-state index is 12.3. The van der Waals surface area contributed by atoms with Gasteiger partial charge in [0, 0.05) is 17.4 Å². The second-order valence-corrected chi connectivity index (χ2v) is 5.71. The number of H-pyrrole nitrogens is 1. The van der Waals surface area contributed by atoms with Crippen molar-refractivity contribution in [2.75, 3.05) is 6.54 Å². The summed E-state index contributed by atoms with van der Waals surface area (Å²) in [5.74, 6) is -0.439. The predicted octanol–water partition coefficient (Wildman–Crippen LogP) is 2.43. The minimum atomic E-state index is -0.562. The summed E-state index contributed by atoms with van der Waals surface area (Å²) < 4.78 is 0. The van der Waals surface area contributed by atoms with Crippen molar-refractivity contribution in [3.05, 3.63) is 35.0 Å². The van der Waals surface area contributed by atoms with E-state index in [2.05, 4.69) is 21.7 Å². The average Bonchev–Trinajstić information content (AvgIpc) is 2.88. The fourth-order valence-electron chi connectivity index (χ4n) is 2.46. The van der Waals surface area contributed by atoms with Gasteiger partial charge in [-0.1, -0.05) is 13.0 Å². The Labute approximate surface area is 130 Å². The third kappa shape index (κ3) is 3.47. The van der Waals surface area contributed by atoms with Crippen molar-refractivity contribution < 1.29 is 9.59 Å². The zero-order valence-corrected chi connectivity index (χ0v) is 13.5. The average molecular weight is 301 g/mol. The summed E-state index contributed by atoms with van der Waals surface area (Å²) in [7, 11) is 0. The van der Waals surface area contributed by atoms with Crippen LogP contribution in [0, 0.1) is 13.8 Å². The number of carbonyl (C=O) groups excluding carboxylic acids is 2. The number of aromatic nitrogens is 1. The van der Waals surface area contributed by atoms with Gasteiger partial charge in [0.15, 0.2) is 0 Å². The SMILES string of the molecule is CCCNC(=O)C(C)NC(=O)c1cc2c(C)cc(C)cc2[nH]1. The van der Waals surface area contributed by atoms with Crippen LogP contribution in [-0.2, 0) is 4.79 Å². The van der Waals surface area contributed by atoms with Crippen molar-refractivity contribution in [3.8, 4) is 0 Å². The van der Waals surface area contributed by atoms with Gasteiger partial charge in [-0.2, -0.15) is 0 Å². The second-order valence-electron chi connectivity index (χ2n) is 5.71. The molecule has 0 saturated carbocycles. The molecule has 2 amide bonds. The molecule has 0 radical (unpaired) electrons. The van der Waals surface area contributed by atoms with E-state index >= 15 is 0 Å². The molecule has 0 aliphatic heterocycles. The van der Waals surface area contributed by atoms with Gasteiger partial charge < -0.3 is 15.6 Å². The highest BCUT2D eigenvalue weighted by Gasteiger charge is 2.17. The van der Waals surface area contributed by atoms with Crippen LogP contribution >= 0.6 is 0 Å².